The number of pyridine rings is 1. The fourth-order valence-corrected chi connectivity index (χ4v) is 3.40. The highest BCUT2D eigenvalue weighted by Gasteiger charge is 2.54. The summed E-state index contributed by atoms with van der Waals surface area (Å²) >= 11 is 0. The van der Waals surface area contributed by atoms with Gasteiger partial charge in [0.05, 0.1) is 11.6 Å². The molecule has 0 aromatic carbocycles. The van der Waals surface area contributed by atoms with Crippen molar-refractivity contribution in [2.24, 2.45) is 11.1 Å². The molecule has 0 amide bonds. The van der Waals surface area contributed by atoms with Crippen LogP contribution >= 0.6 is 0 Å². The lowest BCUT2D eigenvalue weighted by atomic mass is 9.82. The van der Waals surface area contributed by atoms with Gasteiger partial charge in [0.2, 0.25) is 0 Å². The van der Waals surface area contributed by atoms with Gasteiger partial charge in [0.25, 0.3) is 0 Å². The van der Waals surface area contributed by atoms with Crippen LogP contribution in [0.1, 0.15) is 18.4 Å². The lowest BCUT2D eigenvalue weighted by Gasteiger charge is -2.21. The molecule has 1 aromatic rings. The van der Waals surface area contributed by atoms with E-state index < -0.39 is 11.9 Å². The average molecular weight is 331 g/mol. The topological polar surface area (TPSA) is 121 Å². The largest absolute Gasteiger partial charge is 0.478 e. The summed E-state index contributed by atoms with van der Waals surface area (Å²) in [6, 6.07) is 5.09. The molecule has 0 radical (unpaired) electrons. The van der Waals surface area contributed by atoms with Gasteiger partial charge in [-0.1, -0.05) is 5.16 Å². The van der Waals surface area contributed by atoms with Gasteiger partial charge in [-0.25, -0.2) is 9.59 Å². The van der Waals surface area contributed by atoms with Gasteiger partial charge in [-0.3, -0.25) is 4.98 Å². The van der Waals surface area contributed by atoms with E-state index in [4.69, 9.17) is 15.1 Å². The highest BCUT2D eigenvalue weighted by molar-refractivity contribution is 6.03. The number of nitrogens with zero attached hydrogens (tertiary/aromatic N) is 2. The van der Waals surface area contributed by atoms with Crippen LogP contribution in [0.25, 0.3) is 0 Å². The Bertz CT molecular complexity index is 672. The molecule has 4 atom stereocenters. The van der Waals surface area contributed by atoms with Gasteiger partial charge in [-0.2, -0.15) is 0 Å². The van der Waals surface area contributed by atoms with E-state index in [1.54, 1.807) is 0 Å². The monoisotopic (exact) mass is 331 g/mol. The van der Waals surface area contributed by atoms with Crippen LogP contribution in [0, 0.1) is 5.92 Å². The van der Waals surface area contributed by atoms with Crippen LogP contribution in [0.4, 0.5) is 0 Å². The van der Waals surface area contributed by atoms with Crippen molar-refractivity contribution in [3.8, 4) is 0 Å². The van der Waals surface area contributed by atoms with Crippen LogP contribution in [0.5, 0.6) is 0 Å². The Morgan fingerprint density at radius 3 is 2.38 bits per heavy atom. The van der Waals surface area contributed by atoms with Gasteiger partial charge >= 0.3 is 11.9 Å². The van der Waals surface area contributed by atoms with Crippen molar-refractivity contribution in [1.82, 2.24) is 10.3 Å². The summed E-state index contributed by atoms with van der Waals surface area (Å²) in [5, 5.41) is 23.5. The third-order valence-electron chi connectivity index (χ3n) is 4.33. The number of fused-ring (bicyclic) bond motifs is 5. The van der Waals surface area contributed by atoms with Crippen molar-refractivity contribution >= 4 is 17.7 Å². The molecule has 24 heavy (non-hydrogen) atoms. The summed E-state index contributed by atoms with van der Waals surface area (Å²) in [7, 11) is 0. The Morgan fingerprint density at radius 1 is 1.12 bits per heavy atom. The lowest BCUT2D eigenvalue weighted by molar-refractivity contribution is -0.134. The Kier molecular flexibility index (Phi) is 4.57. The maximum atomic E-state index is 9.55. The number of nitrogens with one attached hydrogen (secondary N) is 1. The number of rotatable bonds is 3. The van der Waals surface area contributed by atoms with E-state index >= 15 is 0 Å². The maximum Gasteiger partial charge on any atom is 0.328 e. The summed E-state index contributed by atoms with van der Waals surface area (Å²) in [6.45, 7) is 0. The van der Waals surface area contributed by atoms with Crippen LogP contribution in [0.2, 0.25) is 0 Å². The minimum Gasteiger partial charge on any atom is -0.478 e. The molecule has 8 nitrogen and oxygen atoms in total. The third kappa shape index (κ3) is 3.28. The van der Waals surface area contributed by atoms with E-state index in [1.807, 2.05) is 24.5 Å². The smallest absolute Gasteiger partial charge is 0.328 e. The van der Waals surface area contributed by atoms with Gasteiger partial charge in [0, 0.05) is 42.2 Å². The van der Waals surface area contributed by atoms with Gasteiger partial charge in [-0.15, -0.1) is 0 Å². The highest BCUT2D eigenvalue weighted by atomic mass is 16.6. The van der Waals surface area contributed by atoms with E-state index in [0.29, 0.717) is 30.2 Å². The maximum absolute atomic E-state index is 9.55. The first-order valence-corrected chi connectivity index (χ1v) is 7.60. The predicted molar refractivity (Wildman–Crippen MR) is 83.5 cm³/mol. The molecule has 2 bridgehead atoms. The SMILES string of the molecule is O=C(O)/C=C/C(=O)O.c1cc(C2=NO[C@@H]3[C@H]2[C@H]2CC[C@@H]3N2)ccn1. The zero-order valence-electron chi connectivity index (χ0n) is 12.7. The number of carbonyl (C=O) groups is 2. The van der Waals surface area contributed by atoms with Gasteiger partial charge < -0.3 is 20.4 Å². The summed E-state index contributed by atoms with van der Waals surface area (Å²) in [5.74, 6) is -2.07. The Labute approximate surface area is 137 Å². The van der Waals surface area contributed by atoms with Crippen molar-refractivity contribution in [3.05, 3.63) is 42.2 Å². The minimum atomic E-state index is -1.26. The molecule has 3 N–H and O–H groups in total. The molecule has 126 valence electrons. The quantitative estimate of drug-likeness (QED) is 0.695. The van der Waals surface area contributed by atoms with E-state index in [1.165, 1.54) is 12.8 Å². The van der Waals surface area contributed by atoms with Crippen LogP contribution in [-0.4, -0.2) is 51.0 Å². The molecule has 0 saturated carbocycles. The number of carboxylic acids is 2. The summed E-state index contributed by atoms with van der Waals surface area (Å²) in [5.41, 5.74) is 2.25. The average Bonchev–Trinajstić information content (AvgIpc) is 3.27. The number of oxime groups is 1. The van der Waals surface area contributed by atoms with Crippen molar-refractivity contribution in [2.45, 2.75) is 31.0 Å². The van der Waals surface area contributed by atoms with Crippen molar-refractivity contribution in [2.75, 3.05) is 0 Å². The second kappa shape index (κ2) is 6.79. The fraction of sp³-hybridized carbons (Fsp3) is 0.375. The molecule has 3 aliphatic heterocycles. The first kappa shape index (κ1) is 16.1. The molecule has 0 spiro atoms. The first-order chi connectivity index (χ1) is 11.6. The zero-order chi connectivity index (χ0) is 17.1. The molecule has 2 fully saturated rings. The molecule has 1 aromatic heterocycles. The molecule has 3 aliphatic rings. The van der Waals surface area contributed by atoms with E-state index in [9.17, 15) is 9.59 Å². The molecule has 0 aliphatic carbocycles. The van der Waals surface area contributed by atoms with Crippen LogP contribution in [0.15, 0.2) is 41.8 Å². The predicted octanol–water partition coefficient (Wildman–Crippen LogP) is 0.647. The van der Waals surface area contributed by atoms with E-state index in [2.05, 4.69) is 15.5 Å². The number of hydrogen-bond donors (Lipinski definition) is 3. The van der Waals surface area contributed by atoms with Crippen LogP contribution < -0.4 is 5.32 Å². The molecule has 8 heteroatoms. The van der Waals surface area contributed by atoms with Crippen LogP contribution in [0.3, 0.4) is 0 Å². The fourth-order valence-electron chi connectivity index (χ4n) is 3.40. The minimum absolute atomic E-state index is 0.266. The van der Waals surface area contributed by atoms with Crippen LogP contribution in [-0.2, 0) is 14.4 Å². The number of carboxylic acid groups (broad SMARTS) is 2. The Morgan fingerprint density at radius 2 is 1.75 bits per heavy atom. The lowest BCUT2D eigenvalue weighted by Crippen LogP contribution is -2.34. The standard InChI is InChI=1S/C12H13N3O.C4H4O4/c1-2-9-12-10(8(1)14-9)11(15-16-12)7-3-5-13-6-4-7;5-3(6)1-2-4(7)8/h3-6,8-10,12,14H,1-2H2;1-2H,(H,5,6)(H,7,8)/b;2-1+/t8-,9+,10+,12+;/m1./s1. The number of aliphatic carboxylic acids is 2. The molecular weight excluding hydrogens is 314 g/mol. The van der Waals surface area contributed by atoms with Crippen molar-refractivity contribution in [1.29, 1.82) is 0 Å². The number of aromatic nitrogens is 1. The summed E-state index contributed by atoms with van der Waals surface area (Å²) in [6.07, 6.45) is 7.48. The van der Waals surface area contributed by atoms with Gasteiger partial charge in [0.15, 0.2) is 6.10 Å². The Balaban J connectivity index is 0.000000183. The molecular formula is C16H17N3O5. The van der Waals surface area contributed by atoms with Crippen molar-refractivity contribution in [3.63, 3.8) is 0 Å². The zero-order valence-corrected chi connectivity index (χ0v) is 12.7. The second-order valence-electron chi connectivity index (χ2n) is 5.78. The highest BCUT2D eigenvalue weighted by Crippen LogP contribution is 2.41. The Hall–Kier alpha value is -2.74. The third-order valence-corrected chi connectivity index (χ3v) is 4.33. The molecule has 0 unspecified atom stereocenters. The second-order valence-corrected chi connectivity index (χ2v) is 5.78. The van der Waals surface area contributed by atoms with Gasteiger partial charge in [-0.05, 0) is 25.0 Å². The summed E-state index contributed by atoms with van der Waals surface area (Å²) in [4.78, 5) is 28.7. The molecule has 2 saturated heterocycles. The molecule has 4 heterocycles. The normalized spacial score (nSPS) is 29.4. The van der Waals surface area contributed by atoms with Crippen molar-refractivity contribution < 1.29 is 24.6 Å². The van der Waals surface area contributed by atoms with E-state index in [-0.39, 0.29) is 6.10 Å². The summed E-state index contributed by atoms with van der Waals surface area (Å²) < 4.78 is 0. The molecule has 4 rings (SSSR count). The number of hydrogen-bond acceptors (Lipinski definition) is 6. The van der Waals surface area contributed by atoms with Gasteiger partial charge in [0.1, 0.15) is 0 Å². The first-order valence-electron chi connectivity index (χ1n) is 7.60. The van der Waals surface area contributed by atoms with E-state index in [0.717, 1.165) is 11.3 Å².